The van der Waals surface area contributed by atoms with Gasteiger partial charge in [0.1, 0.15) is 12.6 Å². The fraction of sp³-hybridized carbons (Fsp3) is 0.257. The number of rotatable bonds is 13. The maximum atomic E-state index is 14.6. The fourth-order valence-corrected chi connectivity index (χ4v) is 7.07. The lowest BCUT2D eigenvalue weighted by Gasteiger charge is -2.34. The van der Waals surface area contributed by atoms with Crippen molar-refractivity contribution in [1.82, 2.24) is 10.2 Å². The molecule has 7 nitrogen and oxygen atoms in total. The van der Waals surface area contributed by atoms with Crippen LogP contribution in [0.25, 0.3) is 0 Å². The lowest BCUT2D eigenvalue weighted by atomic mass is 10.0. The smallest absolute Gasteiger partial charge is 0.264 e. The van der Waals surface area contributed by atoms with Gasteiger partial charge in [-0.15, -0.1) is 0 Å². The van der Waals surface area contributed by atoms with Crippen LogP contribution >= 0.6 is 46.4 Å². The summed E-state index contributed by atoms with van der Waals surface area (Å²) in [5.41, 5.74) is 2.20. The first-order chi connectivity index (χ1) is 22.3. The van der Waals surface area contributed by atoms with Crippen molar-refractivity contribution in [3.05, 3.63) is 128 Å². The van der Waals surface area contributed by atoms with Gasteiger partial charge in [0.2, 0.25) is 11.8 Å². The van der Waals surface area contributed by atoms with Gasteiger partial charge in [-0.3, -0.25) is 13.9 Å². The number of hydrogen-bond acceptors (Lipinski definition) is 4. The summed E-state index contributed by atoms with van der Waals surface area (Å²) in [5, 5.41) is 3.91. The van der Waals surface area contributed by atoms with Crippen molar-refractivity contribution < 1.29 is 18.0 Å². The number of hydrogen-bond donors (Lipinski definition) is 1. The van der Waals surface area contributed by atoms with E-state index in [1.807, 2.05) is 51.1 Å². The van der Waals surface area contributed by atoms with E-state index in [1.165, 1.54) is 35.2 Å². The van der Waals surface area contributed by atoms with Gasteiger partial charge >= 0.3 is 0 Å². The molecule has 0 aromatic heterocycles. The summed E-state index contributed by atoms with van der Waals surface area (Å²) >= 11 is 25.6. The predicted octanol–water partition coefficient (Wildman–Crippen LogP) is 8.36. The van der Waals surface area contributed by atoms with E-state index in [9.17, 15) is 18.0 Å². The second-order valence-corrected chi connectivity index (χ2v) is 14.7. The van der Waals surface area contributed by atoms with Crippen molar-refractivity contribution in [3.63, 3.8) is 0 Å². The van der Waals surface area contributed by atoms with E-state index in [1.54, 1.807) is 30.3 Å². The minimum atomic E-state index is -4.31. The van der Waals surface area contributed by atoms with E-state index in [0.717, 1.165) is 15.4 Å². The molecule has 0 fully saturated rings. The van der Waals surface area contributed by atoms with Crippen molar-refractivity contribution in [1.29, 1.82) is 0 Å². The molecular weight excluding hydrogens is 700 g/mol. The number of nitrogens with zero attached hydrogens (tertiary/aromatic N) is 2. The number of amides is 2. The van der Waals surface area contributed by atoms with Crippen molar-refractivity contribution in [2.24, 2.45) is 0 Å². The molecule has 1 N–H and O–H groups in total. The third-order valence-corrected chi connectivity index (χ3v) is 11.0. The highest BCUT2D eigenvalue weighted by Gasteiger charge is 2.35. The number of aryl methyl sites for hydroxylation is 1. The molecule has 248 valence electrons. The minimum absolute atomic E-state index is 0.0296. The lowest BCUT2D eigenvalue weighted by Crippen LogP contribution is -2.54. The van der Waals surface area contributed by atoms with Gasteiger partial charge in [0.15, 0.2) is 0 Å². The zero-order valence-electron chi connectivity index (χ0n) is 26.1. The molecule has 4 rings (SSSR count). The minimum Gasteiger partial charge on any atom is -0.352 e. The molecule has 0 heterocycles. The van der Waals surface area contributed by atoms with E-state index in [0.29, 0.717) is 22.0 Å². The first kappa shape index (κ1) is 36.6. The van der Waals surface area contributed by atoms with Gasteiger partial charge < -0.3 is 10.2 Å². The van der Waals surface area contributed by atoms with Gasteiger partial charge in [0.25, 0.3) is 10.0 Å². The number of benzene rings is 4. The number of anilines is 1. The Kier molecular flexibility index (Phi) is 12.6. The molecule has 4 aromatic rings. The zero-order valence-corrected chi connectivity index (χ0v) is 29.9. The molecule has 0 spiro atoms. The Hall–Kier alpha value is -3.27. The SMILES string of the molecule is CC[C@H](C)NC(=O)[C@H](Cc1ccccc1)N(Cc1c(Cl)cccc1Cl)C(=O)CN(c1ccc(Cl)c(Cl)c1)S(=O)(=O)c1ccc(C)cc1. The maximum Gasteiger partial charge on any atom is 0.264 e. The number of nitrogens with one attached hydrogen (secondary N) is 1. The molecule has 4 aromatic carbocycles. The first-order valence-corrected chi connectivity index (χ1v) is 17.9. The molecule has 0 aliphatic heterocycles. The van der Waals surface area contributed by atoms with Gasteiger partial charge in [-0.2, -0.15) is 0 Å². The van der Waals surface area contributed by atoms with Crippen LogP contribution in [-0.2, 0) is 32.6 Å². The van der Waals surface area contributed by atoms with Crippen LogP contribution < -0.4 is 9.62 Å². The highest BCUT2D eigenvalue weighted by atomic mass is 35.5. The molecule has 12 heteroatoms. The molecule has 2 atom stereocenters. The molecule has 0 bridgehead atoms. The average Bonchev–Trinajstić information content (AvgIpc) is 3.04. The number of halogens is 4. The highest BCUT2D eigenvalue weighted by molar-refractivity contribution is 7.92. The summed E-state index contributed by atoms with van der Waals surface area (Å²) in [6.07, 6.45) is 0.808. The van der Waals surface area contributed by atoms with Crippen LogP contribution in [0.3, 0.4) is 0 Å². The van der Waals surface area contributed by atoms with Crippen LogP contribution in [0, 0.1) is 6.92 Å². The van der Waals surface area contributed by atoms with Crippen molar-refractivity contribution in [2.45, 2.75) is 57.1 Å². The lowest BCUT2D eigenvalue weighted by molar-refractivity contribution is -0.140. The quantitative estimate of drug-likeness (QED) is 0.150. The third kappa shape index (κ3) is 9.21. The van der Waals surface area contributed by atoms with E-state index in [-0.39, 0.29) is 39.6 Å². The van der Waals surface area contributed by atoms with E-state index in [4.69, 9.17) is 46.4 Å². The molecule has 0 radical (unpaired) electrons. The van der Waals surface area contributed by atoms with Crippen LogP contribution in [0.4, 0.5) is 5.69 Å². The van der Waals surface area contributed by atoms with E-state index >= 15 is 0 Å². The van der Waals surface area contributed by atoms with Gasteiger partial charge in [-0.05, 0) is 68.3 Å². The Balaban J connectivity index is 1.86. The summed E-state index contributed by atoms with van der Waals surface area (Å²) in [6, 6.07) is 23.6. The average molecular weight is 736 g/mol. The molecule has 0 saturated heterocycles. The van der Waals surface area contributed by atoms with Crippen LogP contribution in [-0.4, -0.2) is 43.8 Å². The number of sulfonamides is 1. The Morgan fingerprint density at radius 2 is 1.45 bits per heavy atom. The van der Waals surface area contributed by atoms with Gasteiger partial charge in [0.05, 0.1) is 20.6 Å². The summed E-state index contributed by atoms with van der Waals surface area (Å²) in [6.45, 7) is 4.82. The van der Waals surface area contributed by atoms with Gasteiger partial charge in [-0.1, -0.05) is 107 Å². The topological polar surface area (TPSA) is 86.8 Å². The van der Waals surface area contributed by atoms with Crippen LogP contribution in [0.5, 0.6) is 0 Å². The molecule has 2 amide bonds. The monoisotopic (exact) mass is 733 g/mol. The molecule has 0 unspecified atom stereocenters. The molecule has 47 heavy (non-hydrogen) atoms. The predicted molar refractivity (Wildman–Crippen MR) is 191 cm³/mol. The van der Waals surface area contributed by atoms with Crippen molar-refractivity contribution in [3.8, 4) is 0 Å². The standard InChI is InChI=1S/C35H35Cl4N3O4S/c1-4-24(3)40-35(44)33(19-25-9-6-5-7-10-25)41(21-28-29(36)11-8-12-30(28)37)34(43)22-42(26-15-18-31(38)32(39)20-26)47(45,46)27-16-13-23(2)14-17-27/h5-18,20,24,33H,4,19,21-22H2,1-3H3,(H,40,44)/t24-,33-/m0/s1. The van der Waals surface area contributed by atoms with Crippen molar-refractivity contribution >= 4 is 73.9 Å². The Morgan fingerprint density at radius 1 is 0.809 bits per heavy atom. The van der Waals surface area contributed by atoms with E-state index in [2.05, 4.69) is 5.32 Å². The van der Waals surface area contributed by atoms with Gasteiger partial charge in [0, 0.05) is 34.6 Å². The summed E-state index contributed by atoms with van der Waals surface area (Å²) < 4.78 is 29.4. The summed E-state index contributed by atoms with van der Waals surface area (Å²) in [4.78, 5) is 29.9. The maximum absolute atomic E-state index is 14.6. The van der Waals surface area contributed by atoms with Crippen LogP contribution in [0.1, 0.15) is 37.0 Å². The van der Waals surface area contributed by atoms with Gasteiger partial charge in [-0.25, -0.2) is 8.42 Å². The third-order valence-electron chi connectivity index (χ3n) is 7.74. The zero-order chi connectivity index (χ0) is 34.3. The van der Waals surface area contributed by atoms with Crippen molar-refractivity contribution in [2.75, 3.05) is 10.8 Å². The van der Waals surface area contributed by atoms with Crippen LogP contribution in [0.2, 0.25) is 20.1 Å². The number of carbonyl (C=O) groups is 2. The Morgan fingerprint density at radius 3 is 2.04 bits per heavy atom. The normalized spacial score (nSPS) is 12.7. The fourth-order valence-electron chi connectivity index (χ4n) is 4.86. The highest BCUT2D eigenvalue weighted by Crippen LogP contribution is 2.32. The molecule has 0 aliphatic carbocycles. The Bertz CT molecular complexity index is 1800. The molecular formula is C35H35Cl4N3O4S. The molecule has 0 saturated carbocycles. The second-order valence-electron chi connectivity index (χ2n) is 11.2. The van der Waals surface area contributed by atoms with E-state index < -0.39 is 34.4 Å². The van der Waals surface area contributed by atoms with Crippen LogP contribution in [0.15, 0.2) is 95.9 Å². The number of carbonyl (C=O) groups excluding carboxylic acids is 2. The summed E-state index contributed by atoms with van der Waals surface area (Å²) in [7, 11) is -4.31. The second kappa shape index (κ2) is 16.2. The largest absolute Gasteiger partial charge is 0.352 e. The molecule has 0 aliphatic rings. The Labute approximate surface area is 296 Å². The first-order valence-electron chi connectivity index (χ1n) is 14.9. The summed E-state index contributed by atoms with van der Waals surface area (Å²) in [5.74, 6) is -1.06.